The van der Waals surface area contributed by atoms with Crippen LogP contribution in [0.3, 0.4) is 0 Å². The van der Waals surface area contributed by atoms with E-state index in [1.165, 1.54) is 0 Å². The normalized spacial score (nSPS) is 19.3. The Balaban J connectivity index is 1.51. The summed E-state index contributed by atoms with van der Waals surface area (Å²) in [6, 6.07) is 5.39. The first-order valence-corrected chi connectivity index (χ1v) is 10.8. The van der Waals surface area contributed by atoms with Crippen molar-refractivity contribution < 1.29 is 19.2 Å². The van der Waals surface area contributed by atoms with Gasteiger partial charge in [-0.2, -0.15) is 0 Å². The monoisotopic (exact) mass is 442 g/mol. The summed E-state index contributed by atoms with van der Waals surface area (Å²) in [4.78, 5) is 52.0. The highest BCUT2D eigenvalue weighted by Gasteiger charge is 2.33. The summed E-state index contributed by atoms with van der Waals surface area (Å²) < 4.78 is 0. The van der Waals surface area contributed by atoms with Crippen molar-refractivity contribution in [3.8, 4) is 0 Å². The number of hydrogen-bond donors (Lipinski definition) is 6. The van der Waals surface area contributed by atoms with E-state index in [9.17, 15) is 19.2 Å². The summed E-state index contributed by atoms with van der Waals surface area (Å²) in [6.45, 7) is 0.534. The maximum absolute atomic E-state index is 12.4. The molecule has 0 unspecified atom stereocenters. The molecule has 1 aromatic heterocycles. The van der Waals surface area contributed by atoms with Crippen LogP contribution in [0.1, 0.15) is 37.7 Å². The average molecular weight is 443 g/mol. The quantitative estimate of drug-likeness (QED) is 0.259. The highest BCUT2D eigenvalue weighted by molar-refractivity contribution is 5.97. The largest absolute Gasteiger partial charge is 0.368 e. The average Bonchev–Trinajstić information content (AvgIpc) is 3.17. The number of carbonyl (C=O) groups excluding carboxylic acids is 4. The first kappa shape index (κ1) is 23.3. The lowest BCUT2D eigenvalue weighted by Crippen LogP contribution is -2.61. The Kier molecular flexibility index (Phi) is 7.82. The molecular formula is C22H30N6O4. The van der Waals surface area contributed by atoms with E-state index in [1.807, 2.05) is 24.3 Å². The van der Waals surface area contributed by atoms with Crippen molar-refractivity contribution in [1.29, 1.82) is 0 Å². The number of rotatable bonds is 11. The van der Waals surface area contributed by atoms with Gasteiger partial charge in [0.2, 0.25) is 23.6 Å². The number of hydrogen-bond acceptors (Lipinski definition) is 5. The van der Waals surface area contributed by atoms with Crippen LogP contribution in [0.2, 0.25) is 0 Å². The Morgan fingerprint density at radius 1 is 1.03 bits per heavy atom. The molecule has 1 aromatic carbocycles. The summed E-state index contributed by atoms with van der Waals surface area (Å²) in [5.74, 6) is -1.64. The predicted molar refractivity (Wildman–Crippen MR) is 119 cm³/mol. The molecule has 0 bridgehead atoms. The SMILES string of the molecule is NCCCC[C@@H]1NC(=O)[C@H](CCC(=O)N[C@@H](Cc2c[nH]c3ccccc23)C(N)=O)NC1=O. The van der Waals surface area contributed by atoms with Gasteiger partial charge in [0, 0.05) is 29.9 Å². The molecule has 172 valence electrons. The molecule has 0 aliphatic carbocycles. The van der Waals surface area contributed by atoms with Gasteiger partial charge in [-0.3, -0.25) is 19.2 Å². The molecule has 1 aliphatic rings. The van der Waals surface area contributed by atoms with E-state index in [-0.39, 0.29) is 31.1 Å². The van der Waals surface area contributed by atoms with Gasteiger partial charge < -0.3 is 32.4 Å². The van der Waals surface area contributed by atoms with Crippen molar-refractivity contribution in [2.75, 3.05) is 6.54 Å². The number of benzene rings is 1. The van der Waals surface area contributed by atoms with Crippen LogP contribution < -0.4 is 27.4 Å². The van der Waals surface area contributed by atoms with E-state index < -0.39 is 29.9 Å². The number of fused-ring (bicyclic) bond motifs is 1. The van der Waals surface area contributed by atoms with E-state index in [2.05, 4.69) is 20.9 Å². The van der Waals surface area contributed by atoms with Crippen LogP contribution >= 0.6 is 0 Å². The van der Waals surface area contributed by atoms with Gasteiger partial charge in [-0.1, -0.05) is 18.2 Å². The minimum Gasteiger partial charge on any atom is -0.368 e. The lowest BCUT2D eigenvalue weighted by molar-refractivity contribution is -0.137. The van der Waals surface area contributed by atoms with E-state index in [0.29, 0.717) is 13.0 Å². The van der Waals surface area contributed by atoms with Crippen molar-refractivity contribution in [3.63, 3.8) is 0 Å². The first-order chi connectivity index (χ1) is 15.4. The summed E-state index contributed by atoms with van der Waals surface area (Å²) in [7, 11) is 0. The molecular weight excluding hydrogens is 412 g/mol. The second-order valence-corrected chi connectivity index (χ2v) is 8.03. The number of H-pyrrole nitrogens is 1. The van der Waals surface area contributed by atoms with Gasteiger partial charge in [-0.15, -0.1) is 0 Å². The molecule has 1 saturated heterocycles. The van der Waals surface area contributed by atoms with E-state index >= 15 is 0 Å². The molecule has 0 radical (unpaired) electrons. The summed E-state index contributed by atoms with van der Waals surface area (Å²) in [5.41, 5.74) is 12.7. The van der Waals surface area contributed by atoms with Crippen molar-refractivity contribution in [1.82, 2.24) is 20.9 Å². The molecule has 32 heavy (non-hydrogen) atoms. The van der Waals surface area contributed by atoms with Crippen LogP contribution in [0, 0.1) is 0 Å². The van der Waals surface area contributed by atoms with Crippen molar-refractivity contribution >= 4 is 34.5 Å². The highest BCUT2D eigenvalue weighted by Crippen LogP contribution is 2.19. The van der Waals surface area contributed by atoms with E-state index in [4.69, 9.17) is 11.5 Å². The number of aromatic amines is 1. The second kappa shape index (κ2) is 10.8. The number of nitrogens with two attached hydrogens (primary N) is 2. The molecule has 8 N–H and O–H groups in total. The Morgan fingerprint density at radius 3 is 2.41 bits per heavy atom. The van der Waals surface area contributed by atoms with Crippen LogP contribution in [0.15, 0.2) is 30.5 Å². The summed E-state index contributed by atoms with van der Waals surface area (Å²) >= 11 is 0. The van der Waals surface area contributed by atoms with E-state index in [1.54, 1.807) is 6.20 Å². The van der Waals surface area contributed by atoms with Gasteiger partial charge >= 0.3 is 0 Å². The Labute approximate surface area is 185 Å². The molecule has 2 heterocycles. The van der Waals surface area contributed by atoms with Gasteiger partial charge in [0.15, 0.2) is 0 Å². The number of amides is 4. The van der Waals surface area contributed by atoms with Crippen LogP contribution in [0.5, 0.6) is 0 Å². The second-order valence-electron chi connectivity index (χ2n) is 8.03. The molecule has 10 heteroatoms. The smallest absolute Gasteiger partial charge is 0.243 e. The number of piperazine rings is 1. The lowest BCUT2D eigenvalue weighted by atomic mass is 10.0. The molecule has 1 aliphatic heterocycles. The number of carbonyl (C=O) groups is 4. The van der Waals surface area contributed by atoms with Crippen LogP contribution in [0.4, 0.5) is 0 Å². The van der Waals surface area contributed by atoms with Gasteiger partial charge in [0.25, 0.3) is 0 Å². The zero-order valence-electron chi connectivity index (χ0n) is 17.9. The summed E-state index contributed by atoms with van der Waals surface area (Å²) in [5, 5.41) is 8.98. The van der Waals surface area contributed by atoms with Gasteiger partial charge in [0.1, 0.15) is 18.1 Å². The highest BCUT2D eigenvalue weighted by atomic mass is 16.2. The molecule has 0 spiro atoms. The van der Waals surface area contributed by atoms with Gasteiger partial charge in [0.05, 0.1) is 0 Å². The zero-order valence-corrected chi connectivity index (χ0v) is 17.9. The summed E-state index contributed by atoms with van der Waals surface area (Å²) in [6.07, 6.45) is 4.17. The third-order valence-electron chi connectivity index (χ3n) is 5.65. The van der Waals surface area contributed by atoms with Crippen LogP contribution in [-0.2, 0) is 25.6 Å². The van der Waals surface area contributed by atoms with E-state index in [0.717, 1.165) is 29.3 Å². The molecule has 2 aromatic rings. The number of primary amides is 1. The first-order valence-electron chi connectivity index (χ1n) is 10.8. The van der Waals surface area contributed by atoms with Gasteiger partial charge in [-0.05, 0) is 43.9 Å². The fourth-order valence-corrected chi connectivity index (χ4v) is 3.86. The minimum atomic E-state index is -0.886. The molecule has 0 saturated carbocycles. The van der Waals surface area contributed by atoms with Crippen LogP contribution in [0.25, 0.3) is 10.9 Å². The Morgan fingerprint density at radius 2 is 1.72 bits per heavy atom. The Hall–Kier alpha value is -3.40. The maximum atomic E-state index is 12.4. The third-order valence-corrected chi connectivity index (χ3v) is 5.65. The maximum Gasteiger partial charge on any atom is 0.243 e. The standard InChI is InChI=1S/C22H30N6O4/c23-10-4-3-7-16-21(31)28-17(22(32)27-16)8-9-19(29)26-18(20(24)30)11-13-12-25-15-6-2-1-5-14(13)15/h1-2,5-6,12,16-18,25H,3-4,7-11,23H2,(H2,24,30)(H,26,29)(H,27,32)(H,28,31)/t16-,17-,18-/m0/s1. The minimum absolute atomic E-state index is 0.0339. The number of para-hydroxylation sites is 1. The van der Waals surface area contributed by atoms with Crippen molar-refractivity contribution in [2.45, 2.75) is 56.7 Å². The molecule has 3 atom stereocenters. The van der Waals surface area contributed by atoms with Gasteiger partial charge in [-0.25, -0.2) is 0 Å². The predicted octanol–water partition coefficient (Wildman–Crippen LogP) is -0.427. The molecule has 3 rings (SSSR count). The third kappa shape index (κ3) is 5.85. The fourth-order valence-electron chi connectivity index (χ4n) is 3.86. The van der Waals surface area contributed by atoms with Crippen molar-refractivity contribution in [3.05, 3.63) is 36.0 Å². The molecule has 1 fully saturated rings. The topological polar surface area (TPSA) is 172 Å². The van der Waals surface area contributed by atoms with Crippen LogP contribution in [-0.4, -0.2) is 53.3 Å². The number of aromatic nitrogens is 1. The zero-order chi connectivity index (χ0) is 23.1. The molecule has 10 nitrogen and oxygen atoms in total. The number of unbranched alkanes of at least 4 members (excludes halogenated alkanes) is 1. The Bertz CT molecular complexity index is 988. The lowest BCUT2D eigenvalue weighted by Gasteiger charge is -2.29. The van der Waals surface area contributed by atoms with Crippen molar-refractivity contribution in [2.24, 2.45) is 11.5 Å². The number of nitrogens with one attached hydrogen (secondary N) is 4. The fraction of sp³-hybridized carbons (Fsp3) is 0.455. The molecule has 4 amide bonds.